The van der Waals surface area contributed by atoms with Crippen LogP contribution in [-0.4, -0.2) is 26.4 Å². The second-order valence-corrected chi connectivity index (χ2v) is 6.78. The minimum Gasteiger partial charge on any atom is -0.312 e. The lowest BCUT2D eigenvalue weighted by atomic mass is 10.0. The molecule has 6 heteroatoms. The van der Waals surface area contributed by atoms with E-state index in [1.807, 2.05) is 4.90 Å². The van der Waals surface area contributed by atoms with Gasteiger partial charge in [0.25, 0.3) is 5.56 Å². The third-order valence-corrected chi connectivity index (χ3v) is 4.85. The summed E-state index contributed by atoms with van der Waals surface area (Å²) in [5.74, 6) is -0.501. The highest BCUT2D eigenvalue weighted by Gasteiger charge is 2.35. The summed E-state index contributed by atoms with van der Waals surface area (Å²) in [7, 11) is 0. The van der Waals surface area contributed by atoms with Crippen LogP contribution in [0.3, 0.4) is 0 Å². The van der Waals surface area contributed by atoms with Crippen molar-refractivity contribution in [3.63, 3.8) is 0 Å². The topological polar surface area (TPSA) is 55.2 Å². The molecule has 1 saturated carbocycles. The Hall–Kier alpha value is -2.50. The van der Waals surface area contributed by atoms with Gasteiger partial charge in [-0.25, -0.2) is 9.37 Å². The maximum atomic E-state index is 13.3. The third kappa shape index (κ3) is 3.21. The molecule has 1 heterocycles. The molecule has 2 aliphatic rings. The fourth-order valence-electron chi connectivity index (χ4n) is 3.44. The fourth-order valence-corrected chi connectivity index (χ4v) is 3.44. The van der Waals surface area contributed by atoms with Gasteiger partial charge in [0.2, 0.25) is 5.91 Å². The van der Waals surface area contributed by atoms with Crippen molar-refractivity contribution in [1.29, 1.82) is 0 Å². The lowest BCUT2D eigenvalue weighted by Gasteiger charge is -2.28. The number of carbonyl (C=O) groups excluding carboxylic acids is 1. The molecule has 1 aromatic heterocycles. The molecule has 2 aromatic rings. The van der Waals surface area contributed by atoms with E-state index in [1.165, 1.54) is 35.5 Å². The van der Waals surface area contributed by atoms with Crippen LogP contribution < -0.4 is 5.56 Å². The van der Waals surface area contributed by atoms with Crippen molar-refractivity contribution in [2.75, 3.05) is 0 Å². The molecule has 0 aliphatic heterocycles. The molecule has 0 N–H and O–H groups in total. The van der Waals surface area contributed by atoms with Crippen molar-refractivity contribution >= 4 is 16.8 Å². The number of aromatic nitrogens is 2. The third-order valence-electron chi connectivity index (χ3n) is 4.85. The maximum Gasteiger partial charge on any atom is 0.261 e. The first-order valence-corrected chi connectivity index (χ1v) is 8.79. The lowest BCUT2D eigenvalue weighted by Crippen LogP contribution is -2.38. The molecule has 0 bridgehead atoms. The zero-order chi connectivity index (χ0) is 17.4. The van der Waals surface area contributed by atoms with Gasteiger partial charge in [0.05, 0.1) is 17.2 Å². The standard InChI is InChI=1S/C19H20FN3O2/c20-13-6-9-16-17(10-13)21-12-22(19(16)25)11-18(24)23(15-7-8-15)14-4-2-1-3-5-14/h4,6,9-10,12,15H,1-3,5,7-8,11H2. The molecule has 2 aliphatic carbocycles. The molecular formula is C19H20FN3O2. The summed E-state index contributed by atoms with van der Waals surface area (Å²) in [6, 6.07) is 4.16. The highest BCUT2D eigenvalue weighted by atomic mass is 19.1. The molecule has 0 radical (unpaired) electrons. The molecule has 0 atom stereocenters. The lowest BCUT2D eigenvalue weighted by molar-refractivity contribution is -0.130. The minimum absolute atomic E-state index is 0.0347. The van der Waals surface area contributed by atoms with Gasteiger partial charge < -0.3 is 4.90 Å². The van der Waals surface area contributed by atoms with Gasteiger partial charge in [-0.15, -0.1) is 0 Å². The number of halogens is 1. The first-order valence-electron chi connectivity index (χ1n) is 8.79. The molecule has 1 amide bonds. The summed E-state index contributed by atoms with van der Waals surface area (Å²) in [6.07, 6.45) is 9.74. The van der Waals surface area contributed by atoms with Crippen LogP contribution in [0.1, 0.15) is 38.5 Å². The average Bonchev–Trinajstić information content (AvgIpc) is 3.43. The van der Waals surface area contributed by atoms with Crippen LogP contribution in [0.2, 0.25) is 0 Å². The number of allylic oxidation sites excluding steroid dienone is 2. The summed E-state index contributed by atoms with van der Waals surface area (Å²) in [4.78, 5) is 31.5. The van der Waals surface area contributed by atoms with E-state index in [1.54, 1.807) is 0 Å². The van der Waals surface area contributed by atoms with Gasteiger partial charge in [0.15, 0.2) is 0 Å². The summed E-state index contributed by atoms with van der Waals surface area (Å²) < 4.78 is 14.6. The number of benzene rings is 1. The van der Waals surface area contributed by atoms with Gasteiger partial charge in [-0.1, -0.05) is 6.08 Å². The molecule has 4 rings (SSSR count). The first-order chi connectivity index (χ1) is 12.1. The molecule has 5 nitrogen and oxygen atoms in total. The van der Waals surface area contributed by atoms with E-state index in [0.717, 1.165) is 37.8 Å². The Morgan fingerprint density at radius 3 is 2.88 bits per heavy atom. The quantitative estimate of drug-likeness (QED) is 0.859. The van der Waals surface area contributed by atoms with Crippen LogP contribution in [-0.2, 0) is 11.3 Å². The van der Waals surface area contributed by atoms with E-state index in [0.29, 0.717) is 10.9 Å². The Balaban J connectivity index is 1.62. The summed E-state index contributed by atoms with van der Waals surface area (Å²) in [5.41, 5.74) is 1.09. The fraction of sp³-hybridized carbons (Fsp3) is 0.421. The van der Waals surface area contributed by atoms with Crippen LogP contribution in [0.15, 0.2) is 41.1 Å². The summed E-state index contributed by atoms with van der Waals surface area (Å²) in [5, 5.41) is 0.326. The van der Waals surface area contributed by atoms with Crippen LogP contribution in [0.25, 0.3) is 10.9 Å². The molecule has 1 fully saturated rings. The van der Waals surface area contributed by atoms with E-state index in [-0.39, 0.29) is 24.1 Å². The second-order valence-electron chi connectivity index (χ2n) is 6.78. The van der Waals surface area contributed by atoms with E-state index in [4.69, 9.17) is 0 Å². The highest BCUT2D eigenvalue weighted by molar-refractivity contribution is 5.80. The Labute approximate surface area is 144 Å². The van der Waals surface area contributed by atoms with Crippen molar-refractivity contribution in [3.8, 4) is 0 Å². The highest BCUT2D eigenvalue weighted by Crippen LogP contribution is 2.33. The average molecular weight is 341 g/mol. The Kier molecular flexibility index (Phi) is 4.11. The smallest absolute Gasteiger partial charge is 0.261 e. The van der Waals surface area contributed by atoms with Crippen molar-refractivity contribution in [2.45, 2.75) is 51.1 Å². The maximum absolute atomic E-state index is 13.3. The zero-order valence-corrected chi connectivity index (χ0v) is 13.9. The normalized spacial score (nSPS) is 17.4. The van der Waals surface area contributed by atoms with E-state index in [2.05, 4.69) is 11.1 Å². The molecule has 25 heavy (non-hydrogen) atoms. The van der Waals surface area contributed by atoms with Gasteiger partial charge in [-0.2, -0.15) is 0 Å². The number of amides is 1. The first kappa shape index (κ1) is 16.0. The Bertz CT molecular complexity index is 915. The van der Waals surface area contributed by atoms with Gasteiger partial charge in [0.1, 0.15) is 12.4 Å². The molecular weight excluding hydrogens is 321 g/mol. The van der Waals surface area contributed by atoms with Crippen LogP contribution in [0, 0.1) is 5.82 Å². The van der Waals surface area contributed by atoms with Crippen LogP contribution in [0.5, 0.6) is 0 Å². The van der Waals surface area contributed by atoms with Gasteiger partial charge in [-0.05, 0) is 50.7 Å². The van der Waals surface area contributed by atoms with Gasteiger partial charge >= 0.3 is 0 Å². The Morgan fingerprint density at radius 2 is 2.16 bits per heavy atom. The molecule has 0 unspecified atom stereocenters. The number of carbonyl (C=O) groups is 1. The van der Waals surface area contributed by atoms with Crippen molar-refractivity contribution in [3.05, 3.63) is 52.5 Å². The van der Waals surface area contributed by atoms with Crippen molar-refractivity contribution < 1.29 is 9.18 Å². The molecule has 0 spiro atoms. The van der Waals surface area contributed by atoms with Crippen LogP contribution in [0.4, 0.5) is 4.39 Å². The predicted octanol–water partition coefficient (Wildman–Crippen LogP) is 2.98. The summed E-state index contributed by atoms with van der Waals surface area (Å²) in [6.45, 7) is -0.0347. The van der Waals surface area contributed by atoms with Gasteiger partial charge in [0, 0.05) is 17.8 Å². The van der Waals surface area contributed by atoms with E-state index >= 15 is 0 Å². The van der Waals surface area contributed by atoms with Crippen molar-refractivity contribution in [2.24, 2.45) is 0 Å². The van der Waals surface area contributed by atoms with Gasteiger partial charge in [-0.3, -0.25) is 14.2 Å². The second kappa shape index (κ2) is 6.43. The SMILES string of the molecule is O=C(Cn1cnc2cc(F)ccc2c1=O)N(C1=CCCCC1)C1CC1. The van der Waals surface area contributed by atoms with Crippen LogP contribution >= 0.6 is 0 Å². The largest absolute Gasteiger partial charge is 0.312 e. The molecule has 130 valence electrons. The monoisotopic (exact) mass is 341 g/mol. The summed E-state index contributed by atoms with van der Waals surface area (Å²) >= 11 is 0. The number of nitrogens with zero attached hydrogens (tertiary/aromatic N) is 3. The number of fused-ring (bicyclic) bond motifs is 1. The van der Waals surface area contributed by atoms with E-state index < -0.39 is 5.82 Å². The zero-order valence-electron chi connectivity index (χ0n) is 13.9. The minimum atomic E-state index is -0.433. The number of hydrogen-bond acceptors (Lipinski definition) is 3. The van der Waals surface area contributed by atoms with E-state index in [9.17, 15) is 14.0 Å². The predicted molar refractivity (Wildman–Crippen MR) is 92.4 cm³/mol. The molecule has 0 saturated heterocycles. The number of rotatable bonds is 4. The Morgan fingerprint density at radius 1 is 1.32 bits per heavy atom. The van der Waals surface area contributed by atoms with Crippen molar-refractivity contribution in [1.82, 2.24) is 14.5 Å². The number of hydrogen-bond donors (Lipinski definition) is 0. The molecule has 1 aromatic carbocycles.